The zero-order valence-electron chi connectivity index (χ0n) is 21.6. The molecule has 2 N–H and O–H groups in total. The number of amides is 2. The molecule has 14 heteroatoms. The van der Waals surface area contributed by atoms with Crippen LogP contribution in [0, 0.1) is 5.82 Å². The third-order valence-corrected chi connectivity index (χ3v) is 7.89. The summed E-state index contributed by atoms with van der Waals surface area (Å²) in [6.45, 7) is 0.530. The van der Waals surface area contributed by atoms with Crippen molar-refractivity contribution in [3.8, 4) is 5.75 Å². The van der Waals surface area contributed by atoms with Gasteiger partial charge in [0.15, 0.2) is 12.1 Å². The number of nitrogens with one attached hydrogen (secondary N) is 1. The summed E-state index contributed by atoms with van der Waals surface area (Å²) >= 11 is 5.78. The monoisotopic (exact) mass is 597 g/mol. The van der Waals surface area contributed by atoms with E-state index in [0.29, 0.717) is 16.5 Å². The second kappa shape index (κ2) is 12.1. The molecule has 4 rings (SSSR count). The first kappa shape index (κ1) is 29.7. The Morgan fingerprint density at radius 1 is 1.25 bits per heavy atom. The van der Waals surface area contributed by atoms with E-state index in [4.69, 9.17) is 16.3 Å². The number of carbonyl (C=O) groups excluding carboxylic acids is 3. The highest BCUT2D eigenvalue weighted by Crippen LogP contribution is 2.41. The summed E-state index contributed by atoms with van der Waals surface area (Å²) in [4.78, 5) is 49.2. The molecule has 3 atom stereocenters. The lowest BCUT2D eigenvalue weighted by Crippen LogP contribution is -2.46. The van der Waals surface area contributed by atoms with E-state index < -0.39 is 43.8 Å². The Bertz CT molecular complexity index is 1510. The first-order valence-corrected chi connectivity index (χ1v) is 14.3. The maximum Gasteiger partial charge on any atom is 0.364 e. The van der Waals surface area contributed by atoms with Crippen molar-refractivity contribution in [3.05, 3.63) is 64.6 Å². The number of nitrogens with zero attached hydrogens (tertiary/aromatic N) is 2. The van der Waals surface area contributed by atoms with Gasteiger partial charge in [0.05, 0.1) is 17.1 Å². The molecule has 3 aromatic rings. The minimum absolute atomic E-state index is 0.102. The van der Waals surface area contributed by atoms with E-state index in [0.717, 1.165) is 12.0 Å². The van der Waals surface area contributed by atoms with Crippen LogP contribution in [0.2, 0.25) is 5.02 Å². The van der Waals surface area contributed by atoms with Crippen LogP contribution in [0.3, 0.4) is 0 Å². The van der Waals surface area contributed by atoms with Gasteiger partial charge in [-0.25, -0.2) is 8.78 Å². The van der Waals surface area contributed by atoms with Crippen LogP contribution >= 0.6 is 19.2 Å². The molecule has 0 spiro atoms. The Labute approximate surface area is 233 Å². The summed E-state index contributed by atoms with van der Waals surface area (Å²) in [6.07, 6.45) is -0.803. The predicted molar refractivity (Wildman–Crippen MR) is 143 cm³/mol. The molecule has 0 aliphatic carbocycles. The van der Waals surface area contributed by atoms with Crippen LogP contribution in [0.5, 0.6) is 5.75 Å². The molecule has 0 saturated carbocycles. The highest BCUT2D eigenvalue weighted by molar-refractivity contribution is 7.52. The van der Waals surface area contributed by atoms with Crippen LogP contribution in [0.1, 0.15) is 29.3 Å². The number of ketones is 1. The quantitative estimate of drug-likeness (QED) is 0.267. The molecule has 2 amide bonds. The van der Waals surface area contributed by atoms with Crippen molar-refractivity contribution in [3.63, 3.8) is 0 Å². The van der Waals surface area contributed by atoms with Crippen molar-refractivity contribution in [2.24, 2.45) is 0 Å². The first-order valence-electron chi connectivity index (χ1n) is 12.2. The Morgan fingerprint density at radius 2 is 2.00 bits per heavy atom. The second-order valence-corrected chi connectivity index (χ2v) is 11.6. The summed E-state index contributed by atoms with van der Waals surface area (Å²) in [6, 6.07) is 7.82. The molecule has 2 heterocycles. The summed E-state index contributed by atoms with van der Waals surface area (Å²) < 4.78 is 51.7. The van der Waals surface area contributed by atoms with Crippen molar-refractivity contribution in [1.29, 1.82) is 0 Å². The third-order valence-electron chi connectivity index (χ3n) is 6.58. The zero-order chi connectivity index (χ0) is 29.2. The van der Waals surface area contributed by atoms with E-state index in [-0.39, 0.29) is 48.2 Å². The fourth-order valence-corrected chi connectivity index (χ4v) is 5.12. The maximum absolute atomic E-state index is 14.4. The molecular weight excluding hydrogens is 571 g/mol. The van der Waals surface area contributed by atoms with Crippen LogP contribution in [0.15, 0.2) is 42.6 Å². The van der Waals surface area contributed by atoms with E-state index in [1.807, 2.05) is 0 Å². The predicted octanol–water partition coefficient (Wildman–Crippen LogP) is 4.06. The van der Waals surface area contributed by atoms with Gasteiger partial charge in [-0.2, -0.15) is 0 Å². The molecule has 1 aromatic heterocycles. The number of rotatable bonds is 10. The number of halogens is 3. The molecule has 1 aliphatic rings. The van der Waals surface area contributed by atoms with Gasteiger partial charge in [-0.3, -0.25) is 18.9 Å². The van der Waals surface area contributed by atoms with Crippen LogP contribution in [0.25, 0.3) is 10.9 Å². The molecule has 1 unspecified atom stereocenters. The lowest BCUT2D eigenvalue weighted by atomic mass is 10.1. The van der Waals surface area contributed by atoms with Gasteiger partial charge >= 0.3 is 7.60 Å². The molecule has 2 aromatic carbocycles. The zero-order valence-corrected chi connectivity index (χ0v) is 23.3. The summed E-state index contributed by atoms with van der Waals surface area (Å²) in [5, 5.41) is 2.95. The van der Waals surface area contributed by atoms with Gasteiger partial charge in [0.2, 0.25) is 11.8 Å². The molecule has 10 nitrogen and oxygen atoms in total. The van der Waals surface area contributed by atoms with Crippen LogP contribution in [-0.4, -0.2) is 64.2 Å². The van der Waals surface area contributed by atoms with E-state index in [1.165, 1.54) is 48.0 Å². The number of carbonyl (C=O) groups is 3. The van der Waals surface area contributed by atoms with Crippen molar-refractivity contribution < 1.29 is 41.9 Å². The fourth-order valence-electron chi connectivity index (χ4n) is 4.51. The van der Waals surface area contributed by atoms with Crippen molar-refractivity contribution >= 4 is 47.7 Å². The van der Waals surface area contributed by atoms with E-state index >= 15 is 0 Å². The number of alkyl halides is 1. The number of aromatic nitrogens is 1. The fraction of sp³-hybridized carbons (Fsp3) is 0.346. The second-order valence-electron chi connectivity index (χ2n) is 9.32. The number of ether oxygens (including phenoxy) is 1. The minimum atomic E-state index is -3.96. The average molecular weight is 598 g/mol. The number of likely N-dealkylation sites (tertiary alicyclic amines) is 1. The van der Waals surface area contributed by atoms with Crippen molar-refractivity contribution in [1.82, 2.24) is 14.8 Å². The largest absolute Gasteiger partial charge is 0.481 e. The minimum Gasteiger partial charge on any atom is -0.481 e. The molecule has 0 radical (unpaired) electrons. The highest BCUT2D eigenvalue weighted by Gasteiger charge is 2.39. The topological polar surface area (TPSA) is 127 Å². The normalized spacial score (nSPS) is 18.5. The maximum atomic E-state index is 14.4. The third kappa shape index (κ3) is 6.52. The standard InChI is InChI=1S/C26H27ClF2N3O7P/c1-15(33)20-12-31(22-9-18(6-7-19(20)22)39-14-40(36,37)38-2)13-24(34)32-11-17(28)8-23(32)26(35)30-10-16-4-3-5-21(27)25(16)29/h3-7,9,12,17,23H,8,10-11,13-14H2,1-2H3,(H,30,35)(H,36,37)/t17-,23+/m1/s1. The van der Waals surface area contributed by atoms with Crippen LogP contribution in [0.4, 0.5) is 8.78 Å². The van der Waals surface area contributed by atoms with E-state index in [2.05, 4.69) is 9.84 Å². The van der Waals surface area contributed by atoms with Gasteiger partial charge in [-0.15, -0.1) is 0 Å². The Morgan fingerprint density at radius 3 is 2.70 bits per heavy atom. The van der Waals surface area contributed by atoms with E-state index in [9.17, 15) is 32.6 Å². The SMILES string of the molecule is COP(=O)(O)COc1ccc2c(C(C)=O)cn(CC(=O)N3C[C@H](F)C[C@H]3C(=O)NCc3cccc(Cl)c3F)c2c1. The lowest BCUT2D eigenvalue weighted by Gasteiger charge is -2.24. The molecule has 1 aliphatic heterocycles. The van der Waals surface area contributed by atoms with Gasteiger partial charge in [-0.05, 0) is 25.1 Å². The summed E-state index contributed by atoms with van der Waals surface area (Å²) in [5.41, 5.74) is 0.876. The Kier molecular flexibility index (Phi) is 8.94. The molecular formula is C26H27ClF2N3O7P. The van der Waals surface area contributed by atoms with Gasteiger partial charge in [0.25, 0.3) is 0 Å². The van der Waals surface area contributed by atoms with Gasteiger partial charge in [-0.1, -0.05) is 23.7 Å². The summed E-state index contributed by atoms with van der Waals surface area (Å²) in [7, 11) is -2.88. The summed E-state index contributed by atoms with van der Waals surface area (Å²) in [5.74, 6) is -1.97. The number of hydrogen-bond donors (Lipinski definition) is 2. The highest BCUT2D eigenvalue weighted by atomic mass is 35.5. The van der Waals surface area contributed by atoms with Crippen molar-refractivity contribution in [2.45, 2.75) is 38.6 Å². The smallest absolute Gasteiger partial charge is 0.364 e. The van der Waals surface area contributed by atoms with Crippen LogP contribution in [-0.2, 0) is 31.8 Å². The number of fused-ring (bicyclic) bond motifs is 1. The Hall–Kier alpha value is -3.31. The Balaban J connectivity index is 1.54. The molecule has 0 bridgehead atoms. The molecule has 214 valence electrons. The lowest BCUT2D eigenvalue weighted by molar-refractivity contribution is -0.139. The number of benzene rings is 2. The van der Waals surface area contributed by atoms with Crippen molar-refractivity contribution in [2.75, 3.05) is 20.0 Å². The molecule has 1 saturated heterocycles. The van der Waals surface area contributed by atoms with Gasteiger partial charge < -0.3 is 28.9 Å². The molecule has 1 fully saturated rings. The molecule has 40 heavy (non-hydrogen) atoms. The number of Topliss-reactive ketones (excluding diaryl/α,β-unsaturated/α-hetero) is 1. The van der Waals surface area contributed by atoms with Gasteiger partial charge in [0.1, 0.15) is 30.3 Å². The van der Waals surface area contributed by atoms with Crippen LogP contribution < -0.4 is 10.1 Å². The van der Waals surface area contributed by atoms with E-state index in [1.54, 1.807) is 6.07 Å². The number of hydrogen-bond acceptors (Lipinski definition) is 6. The average Bonchev–Trinajstić information content (AvgIpc) is 3.49. The van der Waals surface area contributed by atoms with Gasteiger partial charge in [0, 0.05) is 48.9 Å². The first-order chi connectivity index (χ1) is 18.9.